The van der Waals surface area contributed by atoms with Crippen molar-refractivity contribution in [3.05, 3.63) is 23.8 Å². The maximum atomic E-state index is 13.1. The average Bonchev–Trinajstić information content (AvgIpc) is 2.34. The van der Waals surface area contributed by atoms with E-state index >= 15 is 0 Å². The number of hydrazine groups is 1. The van der Waals surface area contributed by atoms with Crippen LogP contribution in [-0.4, -0.2) is 17.1 Å². The number of piperidine rings is 1. The zero-order valence-corrected chi connectivity index (χ0v) is 11.7. The molecular weight excluding hydrogens is 267 g/mol. The third kappa shape index (κ3) is 3.17. The van der Waals surface area contributed by atoms with Crippen molar-refractivity contribution in [1.82, 2.24) is 5.01 Å². The quantitative estimate of drug-likeness (QED) is 0.811. The maximum absolute atomic E-state index is 13.1. The van der Waals surface area contributed by atoms with Gasteiger partial charge >= 0.3 is 6.18 Å². The van der Waals surface area contributed by atoms with Crippen molar-refractivity contribution in [1.29, 1.82) is 0 Å². The summed E-state index contributed by atoms with van der Waals surface area (Å²) in [4.78, 5) is 0. The summed E-state index contributed by atoms with van der Waals surface area (Å²) in [7, 11) is 0. The normalized spacial score (nSPS) is 24.6. The van der Waals surface area contributed by atoms with E-state index in [2.05, 4.69) is 5.43 Å². The Morgan fingerprint density at radius 2 is 1.80 bits per heavy atom. The Morgan fingerprint density at radius 1 is 1.20 bits per heavy atom. The Bertz CT molecular complexity index is 463. The molecule has 2 unspecified atom stereocenters. The molecule has 112 valence electrons. The molecule has 1 saturated heterocycles. The second-order valence-electron chi connectivity index (χ2n) is 5.45. The topological polar surface area (TPSA) is 41.3 Å². The molecule has 0 saturated carbocycles. The molecule has 1 fully saturated rings. The van der Waals surface area contributed by atoms with Gasteiger partial charge in [-0.25, -0.2) is 5.01 Å². The highest BCUT2D eigenvalue weighted by molar-refractivity contribution is 5.59. The molecule has 1 aliphatic rings. The number of halogens is 3. The van der Waals surface area contributed by atoms with E-state index < -0.39 is 11.7 Å². The number of nitrogen functional groups attached to an aromatic ring is 1. The summed E-state index contributed by atoms with van der Waals surface area (Å²) in [6, 6.07) is 4.26. The van der Waals surface area contributed by atoms with Gasteiger partial charge in [0.15, 0.2) is 0 Å². The molecule has 20 heavy (non-hydrogen) atoms. The number of hydrogen-bond acceptors (Lipinski definition) is 3. The molecule has 0 aromatic heterocycles. The van der Waals surface area contributed by atoms with Crippen LogP contribution in [0.25, 0.3) is 0 Å². The Labute approximate surface area is 116 Å². The molecule has 3 N–H and O–H groups in total. The Kier molecular flexibility index (Phi) is 4.13. The predicted molar refractivity (Wildman–Crippen MR) is 74.1 cm³/mol. The van der Waals surface area contributed by atoms with E-state index in [1.165, 1.54) is 12.1 Å². The highest BCUT2D eigenvalue weighted by Gasteiger charge is 2.35. The summed E-state index contributed by atoms with van der Waals surface area (Å²) < 4.78 is 39.2. The van der Waals surface area contributed by atoms with Gasteiger partial charge in [0.05, 0.1) is 11.3 Å². The van der Waals surface area contributed by atoms with E-state index in [9.17, 15) is 13.2 Å². The highest BCUT2D eigenvalue weighted by Crippen LogP contribution is 2.37. The van der Waals surface area contributed by atoms with E-state index in [0.717, 1.165) is 25.3 Å². The number of nitrogens with zero attached hydrogens (tertiary/aromatic N) is 1. The smallest absolute Gasteiger partial charge is 0.399 e. The highest BCUT2D eigenvalue weighted by atomic mass is 19.4. The SMILES string of the molecule is CC1CCCC(C)N1Nc1ccc(N)cc1C(F)(F)F. The lowest BCUT2D eigenvalue weighted by molar-refractivity contribution is -0.137. The van der Waals surface area contributed by atoms with Crippen molar-refractivity contribution in [3.8, 4) is 0 Å². The molecule has 1 aromatic carbocycles. The first-order valence-corrected chi connectivity index (χ1v) is 6.80. The molecule has 1 aliphatic heterocycles. The molecule has 2 rings (SSSR count). The van der Waals surface area contributed by atoms with Crippen molar-refractivity contribution >= 4 is 11.4 Å². The Hall–Kier alpha value is -1.43. The fourth-order valence-electron chi connectivity index (χ4n) is 2.67. The molecule has 2 atom stereocenters. The Morgan fingerprint density at radius 3 is 2.35 bits per heavy atom. The number of nitrogens with two attached hydrogens (primary N) is 1. The van der Waals surface area contributed by atoms with Crippen LogP contribution in [0.5, 0.6) is 0 Å². The predicted octanol–water partition coefficient (Wildman–Crippen LogP) is 3.88. The number of anilines is 2. The third-order valence-corrected chi connectivity index (χ3v) is 3.79. The Balaban J connectivity index is 2.29. The van der Waals surface area contributed by atoms with Crippen molar-refractivity contribution in [3.63, 3.8) is 0 Å². The molecular formula is C14H20F3N3. The van der Waals surface area contributed by atoms with Crippen LogP contribution in [0.4, 0.5) is 24.5 Å². The van der Waals surface area contributed by atoms with Gasteiger partial charge in [0, 0.05) is 17.8 Å². The molecule has 1 aromatic rings. The number of alkyl halides is 3. The monoisotopic (exact) mass is 287 g/mol. The minimum atomic E-state index is -4.42. The molecule has 0 radical (unpaired) electrons. The zero-order valence-electron chi connectivity index (χ0n) is 11.7. The minimum Gasteiger partial charge on any atom is -0.399 e. The molecule has 0 aliphatic carbocycles. The van der Waals surface area contributed by atoms with Crippen LogP contribution in [0.3, 0.4) is 0 Å². The summed E-state index contributed by atoms with van der Waals surface area (Å²) in [5, 5.41) is 1.91. The van der Waals surface area contributed by atoms with Crippen LogP contribution in [0.15, 0.2) is 18.2 Å². The lowest BCUT2D eigenvalue weighted by Crippen LogP contribution is -2.47. The van der Waals surface area contributed by atoms with E-state index in [1.807, 2.05) is 18.9 Å². The number of hydrogen-bond donors (Lipinski definition) is 2. The summed E-state index contributed by atoms with van der Waals surface area (Å²) in [6.07, 6.45) is -1.35. The first kappa shape index (κ1) is 15.0. The van der Waals surface area contributed by atoms with Gasteiger partial charge in [0.2, 0.25) is 0 Å². The van der Waals surface area contributed by atoms with Gasteiger partial charge in [0.1, 0.15) is 0 Å². The van der Waals surface area contributed by atoms with Gasteiger partial charge in [-0.1, -0.05) is 6.42 Å². The number of rotatable bonds is 2. The van der Waals surface area contributed by atoms with Gasteiger partial charge in [0.25, 0.3) is 0 Å². The van der Waals surface area contributed by atoms with Crippen molar-refractivity contribution in [2.24, 2.45) is 0 Å². The third-order valence-electron chi connectivity index (χ3n) is 3.79. The first-order chi connectivity index (χ1) is 9.29. The molecule has 3 nitrogen and oxygen atoms in total. The van der Waals surface area contributed by atoms with Crippen LogP contribution in [0.1, 0.15) is 38.7 Å². The van der Waals surface area contributed by atoms with Crippen LogP contribution < -0.4 is 11.2 Å². The lowest BCUT2D eigenvalue weighted by Gasteiger charge is -2.40. The second kappa shape index (κ2) is 5.52. The van der Waals surface area contributed by atoms with Crippen molar-refractivity contribution in [2.45, 2.75) is 51.4 Å². The maximum Gasteiger partial charge on any atom is 0.418 e. The van der Waals surface area contributed by atoms with Crippen LogP contribution >= 0.6 is 0 Å². The first-order valence-electron chi connectivity index (χ1n) is 6.80. The number of benzene rings is 1. The van der Waals surface area contributed by atoms with Gasteiger partial charge in [-0.3, -0.25) is 0 Å². The molecule has 0 amide bonds. The molecule has 6 heteroatoms. The fraction of sp³-hybridized carbons (Fsp3) is 0.571. The molecule has 0 bridgehead atoms. The van der Waals surface area contributed by atoms with Gasteiger partial charge < -0.3 is 11.2 Å². The van der Waals surface area contributed by atoms with Crippen molar-refractivity contribution < 1.29 is 13.2 Å². The molecule has 0 spiro atoms. The number of nitrogens with one attached hydrogen (secondary N) is 1. The van der Waals surface area contributed by atoms with Gasteiger partial charge in [-0.15, -0.1) is 0 Å². The summed E-state index contributed by atoms with van der Waals surface area (Å²) >= 11 is 0. The van der Waals surface area contributed by atoms with E-state index in [-0.39, 0.29) is 23.5 Å². The van der Waals surface area contributed by atoms with E-state index in [0.29, 0.717) is 0 Å². The average molecular weight is 287 g/mol. The second-order valence-corrected chi connectivity index (χ2v) is 5.45. The van der Waals surface area contributed by atoms with Crippen LogP contribution in [-0.2, 0) is 6.18 Å². The fourth-order valence-corrected chi connectivity index (χ4v) is 2.67. The van der Waals surface area contributed by atoms with E-state index in [4.69, 9.17) is 5.73 Å². The van der Waals surface area contributed by atoms with Gasteiger partial charge in [-0.05, 0) is 44.9 Å². The standard InChI is InChI=1S/C14H20F3N3/c1-9-4-3-5-10(2)20(9)19-13-7-6-11(18)8-12(13)14(15,16)17/h6-10,19H,3-5,18H2,1-2H3. The zero-order chi connectivity index (χ0) is 14.9. The van der Waals surface area contributed by atoms with Crippen LogP contribution in [0.2, 0.25) is 0 Å². The summed E-state index contributed by atoms with van der Waals surface area (Å²) in [5.41, 5.74) is 7.87. The summed E-state index contributed by atoms with van der Waals surface area (Å²) in [5.74, 6) is 0. The van der Waals surface area contributed by atoms with Gasteiger partial charge in [-0.2, -0.15) is 13.2 Å². The van der Waals surface area contributed by atoms with Crippen molar-refractivity contribution in [2.75, 3.05) is 11.2 Å². The van der Waals surface area contributed by atoms with Crippen LogP contribution in [0, 0.1) is 0 Å². The molecule has 1 heterocycles. The summed E-state index contributed by atoms with van der Waals surface area (Å²) in [6.45, 7) is 4.04. The largest absolute Gasteiger partial charge is 0.418 e. The lowest BCUT2D eigenvalue weighted by atomic mass is 9.99. The van der Waals surface area contributed by atoms with E-state index in [1.54, 1.807) is 0 Å². The minimum absolute atomic E-state index is 0.0623.